The Balaban J connectivity index is 1.88. The third kappa shape index (κ3) is 6.46. The lowest BCUT2D eigenvalue weighted by Crippen LogP contribution is -2.41. The fraction of sp³-hybridized carbons (Fsp3) is 0.174. The van der Waals surface area contributed by atoms with Gasteiger partial charge in [-0.2, -0.15) is 4.31 Å². The molecule has 1 amide bonds. The van der Waals surface area contributed by atoms with Crippen LogP contribution in [0.15, 0.2) is 71.6 Å². The molecule has 1 atom stereocenters. The van der Waals surface area contributed by atoms with E-state index in [1.807, 2.05) is 0 Å². The van der Waals surface area contributed by atoms with Crippen LogP contribution in [-0.2, 0) is 21.4 Å². The van der Waals surface area contributed by atoms with E-state index in [-0.39, 0.29) is 15.5 Å². The molecule has 0 spiro atoms. The minimum Gasteiger partial charge on any atom is -0.348 e. The summed E-state index contributed by atoms with van der Waals surface area (Å²) < 4.78 is 41.9. The zero-order chi connectivity index (χ0) is 24.2. The van der Waals surface area contributed by atoms with Crippen LogP contribution in [0.25, 0.3) is 0 Å². The van der Waals surface area contributed by atoms with Crippen molar-refractivity contribution in [2.75, 3.05) is 6.54 Å². The van der Waals surface area contributed by atoms with E-state index in [1.54, 1.807) is 31.2 Å². The molecule has 0 heterocycles. The van der Waals surface area contributed by atoms with Crippen LogP contribution in [0, 0.1) is 5.82 Å². The third-order valence-electron chi connectivity index (χ3n) is 4.92. The van der Waals surface area contributed by atoms with E-state index in [2.05, 4.69) is 5.32 Å². The number of carbonyl (C=O) groups excluding carboxylic acids is 1. The average molecular weight is 530 g/mol. The Hall–Kier alpha value is -2.16. The van der Waals surface area contributed by atoms with Gasteiger partial charge in [-0.15, -0.1) is 0 Å². The fourth-order valence-corrected chi connectivity index (χ4v) is 4.96. The van der Waals surface area contributed by atoms with Gasteiger partial charge in [0.25, 0.3) is 0 Å². The number of amides is 1. The molecule has 0 aliphatic heterocycles. The number of halogens is 4. The molecule has 3 rings (SSSR count). The molecular formula is C23H20Cl3FN2O3S. The normalized spacial score (nSPS) is 12.5. The molecule has 0 aromatic heterocycles. The molecule has 1 N–H and O–H groups in total. The second kappa shape index (κ2) is 10.8. The number of sulfonamides is 1. The summed E-state index contributed by atoms with van der Waals surface area (Å²) in [5, 5.41) is 3.72. The van der Waals surface area contributed by atoms with Gasteiger partial charge in [0.15, 0.2) is 0 Å². The first-order valence-corrected chi connectivity index (χ1v) is 12.4. The van der Waals surface area contributed by atoms with Crippen molar-refractivity contribution in [1.29, 1.82) is 0 Å². The third-order valence-corrected chi connectivity index (χ3v) is 7.58. The first kappa shape index (κ1) is 25.5. The molecule has 33 heavy (non-hydrogen) atoms. The van der Waals surface area contributed by atoms with Crippen LogP contribution in [0.1, 0.15) is 24.1 Å². The van der Waals surface area contributed by atoms with Crippen molar-refractivity contribution in [2.45, 2.75) is 24.4 Å². The highest BCUT2D eigenvalue weighted by Gasteiger charge is 2.29. The van der Waals surface area contributed by atoms with Crippen LogP contribution in [0.2, 0.25) is 15.1 Å². The van der Waals surface area contributed by atoms with E-state index in [1.165, 1.54) is 42.5 Å². The van der Waals surface area contributed by atoms with E-state index in [0.717, 1.165) is 9.87 Å². The molecule has 0 fully saturated rings. The Kier molecular flexibility index (Phi) is 8.37. The van der Waals surface area contributed by atoms with E-state index in [4.69, 9.17) is 34.8 Å². The predicted molar refractivity (Wildman–Crippen MR) is 128 cm³/mol. The molecule has 3 aromatic rings. The van der Waals surface area contributed by atoms with Crippen LogP contribution >= 0.6 is 34.8 Å². The molecule has 174 valence electrons. The number of rotatable bonds is 8. The molecule has 5 nitrogen and oxygen atoms in total. The van der Waals surface area contributed by atoms with Gasteiger partial charge in [-0.1, -0.05) is 53.0 Å². The van der Waals surface area contributed by atoms with Crippen LogP contribution in [0.3, 0.4) is 0 Å². The largest absolute Gasteiger partial charge is 0.348 e. The quantitative estimate of drug-likeness (QED) is 0.398. The molecule has 0 radical (unpaired) electrons. The standard InChI is InChI=1S/C23H20Cl3FN2O3S/c1-15(16-5-7-17(24)8-6-16)28-23(30)14-29(13-20-21(26)3-2-4-22(20)27)33(31,32)19-11-9-18(25)10-12-19/h2-12,15H,13-14H2,1H3,(H,28,30). The van der Waals surface area contributed by atoms with Gasteiger partial charge in [0.05, 0.1) is 17.5 Å². The van der Waals surface area contributed by atoms with Gasteiger partial charge >= 0.3 is 0 Å². The number of nitrogens with one attached hydrogen (secondary N) is 1. The fourth-order valence-electron chi connectivity index (χ4n) is 3.12. The summed E-state index contributed by atoms with van der Waals surface area (Å²) in [5.41, 5.74) is 0.757. The molecule has 10 heteroatoms. The minimum absolute atomic E-state index is 0.0322. The maximum absolute atomic E-state index is 14.4. The van der Waals surface area contributed by atoms with Crippen LogP contribution in [0.5, 0.6) is 0 Å². The number of carbonyl (C=O) groups is 1. The smallest absolute Gasteiger partial charge is 0.243 e. The molecule has 0 aliphatic rings. The summed E-state index contributed by atoms with van der Waals surface area (Å²) in [6.45, 7) is 0.777. The van der Waals surface area contributed by atoms with Gasteiger partial charge in [0.2, 0.25) is 15.9 Å². The van der Waals surface area contributed by atoms with Gasteiger partial charge < -0.3 is 5.32 Å². The first-order chi connectivity index (χ1) is 15.6. The Labute approximate surface area is 207 Å². The van der Waals surface area contributed by atoms with Crippen molar-refractivity contribution in [3.05, 3.63) is 98.7 Å². The molecule has 3 aromatic carbocycles. The molecule has 0 aliphatic carbocycles. The molecule has 0 bridgehead atoms. The molecular weight excluding hydrogens is 510 g/mol. The van der Waals surface area contributed by atoms with Gasteiger partial charge in [0.1, 0.15) is 5.82 Å². The van der Waals surface area contributed by atoms with Crippen molar-refractivity contribution < 1.29 is 17.6 Å². The summed E-state index contributed by atoms with van der Waals surface area (Å²) in [5.74, 6) is -1.24. The van der Waals surface area contributed by atoms with Crippen LogP contribution < -0.4 is 5.32 Å². The first-order valence-electron chi connectivity index (χ1n) is 9.81. The second-order valence-corrected chi connectivity index (χ2v) is 10.5. The topological polar surface area (TPSA) is 66.5 Å². The Morgan fingerprint density at radius 3 is 2.12 bits per heavy atom. The second-order valence-electron chi connectivity index (χ2n) is 7.27. The molecule has 0 saturated heterocycles. The van der Waals surface area contributed by atoms with Crippen LogP contribution in [-0.4, -0.2) is 25.2 Å². The monoisotopic (exact) mass is 528 g/mol. The van der Waals surface area contributed by atoms with Gasteiger partial charge in [-0.3, -0.25) is 4.79 Å². The van der Waals surface area contributed by atoms with Gasteiger partial charge in [0, 0.05) is 27.2 Å². The Bertz CT molecular complexity index is 1220. The lowest BCUT2D eigenvalue weighted by atomic mass is 10.1. The highest BCUT2D eigenvalue weighted by atomic mass is 35.5. The van der Waals surface area contributed by atoms with E-state index >= 15 is 0 Å². The lowest BCUT2D eigenvalue weighted by molar-refractivity contribution is -0.122. The van der Waals surface area contributed by atoms with Crippen molar-refractivity contribution in [3.63, 3.8) is 0 Å². The zero-order valence-electron chi connectivity index (χ0n) is 17.4. The number of nitrogens with zero attached hydrogens (tertiary/aromatic N) is 1. The van der Waals surface area contributed by atoms with E-state index in [9.17, 15) is 17.6 Å². The van der Waals surface area contributed by atoms with E-state index in [0.29, 0.717) is 10.0 Å². The minimum atomic E-state index is -4.18. The van der Waals surface area contributed by atoms with Crippen LogP contribution in [0.4, 0.5) is 4.39 Å². The van der Waals surface area contributed by atoms with Crippen molar-refractivity contribution in [2.24, 2.45) is 0 Å². The molecule has 0 saturated carbocycles. The van der Waals surface area contributed by atoms with Crippen molar-refractivity contribution in [1.82, 2.24) is 9.62 Å². The zero-order valence-corrected chi connectivity index (χ0v) is 20.5. The summed E-state index contributed by atoms with van der Waals surface area (Å²) in [6, 6.07) is 16.0. The number of hydrogen-bond donors (Lipinski definition) is 1. The summed E-state index contributed by atoms with van der Waals surface area (Å²) in [6.07, 6.45) is 0. The Morgan fingerprint density at radius 1 is 0.970 bits per heavy atom. The van der Waals surface area contributed by atoms with Gasteiger partial charge in [-0.05, 0) is 61.0 Å². The average Bonchev–Trinajstić information content (AvgIpc) is 2.76. The highest BCUT2D eigenvalue weighted by molar-refractivity contribution is 7.89. The van der Waals surface area contributed by atoms with Crippen molar-refractivity contribution >= 4 is 50.7 Å². The Morgan fingerprint density at radius 2 is 1.55 bits per heavy atom. The maximum Gasteiger partial charge on any atom is 0.243 e. The summed E-state index contributed by atoms with van der Waals surface area (Å²) in [4.78, 5) is 12.7. The summed E-state index contributed by atoms with van der Waals surface area (Å²) >= 11 is 17.9. The predicted octanol–water partition coefficient (Wildman–Crippen LogP) is 5.85. The lowest BCUT2D eigenvalue weighted by Gasteiger charge is -2.24. The van der Waals surface area contributed by atoms with Crippen molar-refractivity contribution in [3.8, 4) is 0 Å². The van der Waals surface area contributed by atoms with E-state index < -0.39 is 40.9 Å². The number of hydrogen-bond acceptors (Lipinski definition) is 3. The maximum atomic E-state index is 14.4. The number of benzene rings is 3. The highest BCUT2D eigenvalue weighted by Crippen LogP contribution is 2.25. The van der Waals surface area contributed by atoms with Gasteiger partial charge in [-0.25, -0.2) is 12.8 Å². The summed E-state index contributed by atoms with van der Waals surface area (Å²) in [7, 11) is -4.18. The SMILES string of the molecule is CC(NC(=O)CN(Cc1c(F)cccc1Cl)S(=O)(=O)c1ccc(Cl)cc1)c1ccc(Cl)cc1. The molecule has 1 unspecified atom stereocenters.